The Morgan fingerprint density at radius 1 is 1.32 bits per heavy atom. The first-order valence-electron chi connectivity index (χ1n) is 8.83. The average molecular weight is 343 g/mol. The third-order valence-corrected chi connectivity index (χ3v) is 5.04. The fraction of sp³-hybridized carbons (Fsp3) is 0.474. The third kappa shape index (κ3) is 3.69. The number of benzene rings is 1. The highest BCUT2D eigenvalue weighted by molar-refractivity contribution is 6.39. The Hall–Kier alpha value is -2.34. The van der Waals surface area contributed by atoms with Gasteiger partial charge in [0.2, 0.25) is 0 Å². The minimum atomic E-state index is -0.649. The average Bonchev–Trinajstić information content (AvgIpc) is 3.19. The van der Waals surface area contributed by atoms with E-state index in [0.717, 1.165) is 36.7 Å². The third-order valence-electron chi connectivity index (χ3n) is 5.04. The topological polar surface area (TPSA) is 74.6 Å². The minimum Gasteiger partial charge on any atom is -0.393 e. The highest BCUT2D eigenvalue weighted by atomic mass is 16.3. The summed E-state index contributed by atoms with van der Waals surface area (Å²) in [5.41, 5.74) is 1.63. The Bertz CT molecular complexity index is 783. The molecule has 0 aliphatic heterocycles. The van der Waals surface area contributed by atoms with Crippen LogP contribution in [-0.2, 0) is 16.1 Å². The number of aliphatic hydroxyl groups excluding tert-OH is 1. The molecule has 0 saturated heterocycles. The van der Waals surface area contributed by atoms with E-state index in [1.54, 1.807) is 13.1 Å². The molecule has 0 bridgehead atoms. The largest absolute Gasteiger partial charge is 0.393 e. The summed E-state index contributed by atoms with van der Waals surface area (Å²) in [7, 11) is 1.61. The predicted octanol–water partition coefficient (Wildman–Crippen LogP) is 2.22. The normalized spacial score (nSPS) is 20.0. The van der Waals surface area contributed by atoms with Gasteiger partial charge in [0.1, 0.15) is 0 Å². The SMILES string of the molecule is CCn1ccc2ccc(NC(=O)C(=O)N(C)CC3CCCC3O)cc21. The lowest BCUT2D eigenvalue weighted by atomic mass is 10.1. The van der Waals surface area contributed by atoms with E-state index in [1.807, 2.05) is 24.4 Å². The number of nitrogens with zero attached hydrogens (tertiary/aromatic N) is 2. The molecule has 2 N–H and O–H groups in total. The van der Waals surface area contributed by atoms with Crippen LogP contribution in [0.3, 0.4) is 0 Å². The Morgan fingerprint density at radius 2 is 2.12 bits per heavy atom. The lowest BCUT2D eigenvalue weighted by molar-refractivity contribution is -0.142. The number of aliphatic hydroxyl groups is 1. The quantitative estimate of drug-likeness (QED) is 0.836. The maximum atomic E-state index is 12.3. The van der Waals surface area contributed by atoms with E-state index < -0.39 is 11.8 Å². The van der Waals surface area contributed by atoms with Crippen molar-refractivity contribution >= 4 is 28.4 Å². The van der Waals surface area contributed by atoms with Gasteiger partial charge >= 0.3 is 11.8 Å². The standard InChI is InChI=1S/C19H25N3O3/c1-3-22-10-9-13-7-8-15(11-16(13)22)20-18(24)19(25)21(2)12-14-5-4-6-17(14)23/h7-11,14,17,23H,3-6,12H2,1-2H3,(H,20,24). The van der Waals surface area contributed by atoms with Crippen LogP contribution in [0.15, 0.2) is 30.5 Å². The highest BCUT2D eigenvalue weighted by Gasteiger charge is 2.29. The Kier molecular flexibility index (Phi) is 5.08. The van der Waals surface area contributed by atoms with Gasteiger partial charge in [-0.25, -0.2) is 0 Å². The van der Waals surface area contributed by atoms with E-state index in [0.29, 0.717) is 12.2 Å². The van der Waals surface area contributed by atoms with Crippen molar-refractivity contribution in [2.24, 2.45) is 5.92 Å². The van der Waals surface area contributed by atoms with Crippen LogP contribution >= 0.6 is 0 Å². The maximum Gasteiger partial charge on any atom is 0.313 e. The lowest BCUT2D eigenvalue weighted by Crippen LogP contribution is -2.40. The zero-order valence-electron chi connectivity index (χ0n) is 14.7. The number of hydrogen-bond acceptors (Lipinski definition) is 3. The number of likely N-dealkylation sites (N-methyl/N-ethyl adjacent to an activating group) is 1. The Labute approximate surface area is 147 Å². The molecule has 1 heterocycles. The number of fused-ring (bicyclic) bond motifs is 1. The second-order valence-corrected chi connectivity index (χ2v) is 6.77. The first-order chi connectivity index (χ1) is 12.0. The zero-order chi connectivity index (χ0) is 18.0. The molecule has 1 aliphatic rings. The van der Waals surface area contributed by atoms with Gasteiger partial charge in [-0.1, -0.05) is 12.5 Å². The van der Waals surface area contributed by atoms with E-state index in [-0.39, 0.29) is 12.0 Å². The van der Waals surface area contributed by atoms with E-state index in [1.165, 1.54) is 4.90 Å². The van der Waals surface area contributed by atoms with Crippen LogP contribution in [0.2, 0.25) is 0 Å². The minimum absolute atomic E-state index is 0.0610. The van der Waals surface area contributed by atoms with Crippen LogP contribution in [0.5, 0.6) is 0 Å². The molecule has 2 atom stereocenters. The van der Waals surface area contributed by atoms with Crippen molar-refractivity contribution in [2.75, 3.05) is 18.9 Å². The molecule has 2 aromatic rings. The van der Waals surface area contributed by atoms with E-state index in [9.17, 15) is 14.7 Å². The van der Waals surface area contributed by atoms with Gasteiger partial charge < -0.3 is 19.9 Å². The van der Waals surface area contributed by atoms with Gasteiger partial charge in [-0.2, -0.15) is 0 Å². The van der Waals surface area contributed by atoms with Crippen molar-refractivity contribution in [3.63, 3.8) is 0 Å². The molecule has 0 spiro atoms. The van der Waals surface area contributed by atoms with E-state index >= 15 is 0 Å². The van der Waals surface area contributed by atoms with Crippen LogP contribution in [0, 0.1) is 5.92 Å². The lowest BCUT2D eigenvalue weighted by Gasteiger charge is -2.22. The summed E-state index contributed by atoms with van der Waals surface area (Å²) in [6, 6.07) is 7.63. The first-order valence-corrected chi connectivity index (χ1v) is 8.83. The molecule has 1 aromatic carbocycles. The van der Waals surface area contributed by atoms with E-state index in [4.69, 9.17) is 0 Å². The molecule has 2 unspecified atom stereocenters. The molecule has 0 radical (unpaired) electrons. The number of carbonyl (C=O) groups is 2. The fourth-order valence-corrected chi connectivity index (χ4v) is 3.56. The molecule has 1 aromatic heterocycles. The summed E-state index contributed by atoms with van der Waals surface area (Å²) < 4.78 is 2.08. The van der Waals surface area contributed by atoms with Crippen LogP contribution in [0.1, 0.15) is 26.2 Å². The zero-order valence-corrected chi connectivity index (χ0v) is 14.7. The summed E-state index contributed by atoms with van der Waals surface area (Å²) in [6.45, 7) is 3.30. The van der Waals surface area contributed by atoms with Crippen LogP contribution < -0.4 is 5.32 Å². The van der Waals surface area contributed by atoms with Crippen LogP contribution in [-0.4, -0.2) is 46.1 Å². The molecular formula is C19H25N3O3. The predicted molar refractivity (Wildman–Crippen MR) is 97.2 cm³/mol. The molecule has 1 saturated carbocycles. The van der Waals surface area contributed by atoms with Gasteiger partial charge in [0.25, 0.3) is 0 Å². The fourth-order valence-electron chi connectivity index (χ4n) is 3.56. The molecule has 2 amide bonds. The number of rotatable bonds is 4. The summed E-state index contributed by atoms with van der Waals surface area (Å²) in [5, 5.41) is 13.7. The van der Waals surface area contributed by atoms with Crippen molar-refractivity contribution in [3.8, 4) is 0 Å². The summed E-state index contributed by atoms with van der Waals surface area (Å²) >= 11 is 0. The number of amides is 2. The van der Waals surface area contributed by atoms with E-state index in [2.05, 4.69) is 16.8 Å². The maximum absolute atomic E-state index is 12.3. The van der Waals surface area contributed by atoms with Crippen molar-refractivity contribution < 1.29 is 14.7 Å². The summed E-state index contributed by atoms with van der Waals surface area (Å²) in [6.07, 6.45) is 4.27. The number of carbonyl (C=O) groups excluding carboxylic acids is 2. The van der Waals surface area contributed by atoms with Gasteiger partial charge in [0.15, 0.2) is 0 Å². The monoisotopic (exact) mass is 343 g/mol. The van der Waals surface area contributed by atoms with Gasteiger partial charge in [-0.15, -0.1) is 0 Å². The molecule has 1 aliphatic carbocycles. The molecule has 6 nitrogen and oxygen atoms in total. The number of aromatic nitrogens is 1. The summed E-state index contributed by atoms with van der Waals surface area (Å²) in [5.74, 6) is -1.17. The smallest absolute Gasteiger partial charge is 0.313 e. The second-order valence-electron chi connectivity index (χ2n) is 6.77. The second kappa shape index (κ2) is 7.27. The molecule has 1 fully saturated rings. The van der Waals surface area contributed by atoms with Gasteiger partial charge in [0.05, 0.1) is 11.6 Å². The van der Waals surface area contributed by atoms with Crippen molar-refractivity contribution in [1.29, 1.82) is 0 Å². The first kappa shape index (κ1) is 17.5. The van der Waals surface area contributed by atoms with Crippen LogP contribution in [0.4, 0.5) is 5.69 Å². The molecule has 6 heteroatoms. The number of hydrogen-bond donors (Lipinski definition) is 2. The highest BCUT2D eigenvalue weighted by Crippen LogP contribution is 2.26. The molecule has 3 rings (SSSR count). The number of anilines is 1. The van der Waals surface area contributed by atoms with Gasteiger partial charge in [-0.3, -0.25) is 9.59 Å². The summed E-state index contributed by atoms with van der Waals surface area (Å²) in [4.78, 5) is 26.0. The number of nitrogens with one attached hydrogen (secondary N) is 1. The molecule has 134 valence electrons. The van der Waals surface area contributed by atoms with Gasteiger partial charge in [0, 0.05) is 37.9 Å². The van der Waals surface area contributed by atoms with Crippen molar-refractivity contribution in [2.45, 2.75) is 38.8 Å². The molecule has 25 heavy (non-hydrogen) atoms. The van der Waals surface area contributed by atoms with Crippen molar-refractivity contribution in [1.82, 2.24) is 9.47 Å². The van der Waals surface area contributed by atoms with Crippen LogP contribution in [0.25, 0.3) is 10.9 Å². The Balaban J connectivity index is 1.65. The van der Waals surface area contributed by atoms with Crippen molar-refractivity contribution in [3.05, 3.63) is 30.5 Å². The molecular weight excluding hydrogens is 318 g/mol. The van der Waals surface area contributed by atoms with Gasteiger partial charge in [-0.05, 0) is 43.4 Å². The number of aryl methyl sites for hydroxylation is 1. The Morgan fingerprint density at radius 3 is 2.80 bits per heavy atom.